The Morgan fingerprint density at radius 3 is 2.15 bits per heavy atom. The molecule has 26 heavy (non-hydrogen) atoms. The minimum atomic E-state index is -1.32. The molecule has 1 aromatic heterocycles. The molecule has 0 saturated heterocycles. The van der Waals surface area contributed by atoms with Crippen LogP contribution in [0.1, 0.15) is 42.5 Å². The smallest absolute Gasteiger partial charge is 0.421 e. The largest absolute Gasteiger partial charge is 0.507 e. The normalized spacial score (nSPS) is 11.1. The highest BCUT2D eigenvalue weighted by Gasteiger charge is 2.28. The standard InChI is InChI=1S/C18H21N3O5/c1-10-8-11(2)20-16(19-10)21(17(25)26-18(3,4)5)12-6-7-14(22)13(9-12)15(23)24/h6-9,22H,1-5H3,(H,23,24). The van der Waals surface area contributed by atoms with E-state index in [2.05, 4.69) is 9.97 Å². The maximum absolute atomic E-state index is 12.8. The first-order chi connectivity index (χ1) is 12.0. The van der Waals surface area contributed by atoms with E-state index < -0.39 is 23.4 Å². The van der Waals surface area contributed by atoms with Crippen molar-refractivity contribution in [3.63, 3.8) is 0 Å². The number of ether oxygens (including phenoxy) is 1. The Labute approximate surface area is 151 Å². The Bertz CT molecular complexity index is 838. The second-order valence-electron chi connectivity index (χ2n) is 6.77. The summed E-state index contributed by atoms with van der Waals surface area (Å²) in [5.41, 5.74) is 0.317. The van der Waals surface area contributed by atoms with Crippen molar-refractivity contribution < 1.29 is 24.5 Å². The second-order valence-corrected chi connectivity index (χ2v) is 6.77. The summed E-state index contributed by atoms with van der Waals surface area (Å²) >= 11 is 0. The van der Waals surface area contributed by atoms with Gasteiger partial charge in [-0.15, -0.1) is 0 Å². The van der Waals surface area contributed by atoms with Crippen LogP contribution in [0.3, 0.4) is 0 Å². The molecule has 2 rings (SSSR count). The molecule has 138 valence electrons. The maximum atomic E-state index is 12.8. The molecule has 1 heterocycles. The number of aryl methyl sites for hydroxylation is 2. The lowest BCUT2D eigenvalue weighted by Gasteiger charge is -2.26. The summed E-state index contributed by atoms with van der Waals surface area (Å²) in [6.07, 6.45) is -0.760. The van der Waals surface area contributed by atoms with Crippen LogP contribution in [0.4, 0.5) is 16.4 Å². The monoisotopic (exact) mass is 359 g/mol. The Balaban J connectivity index is 2.62. The van der Waals surface area contributed by atoms with Gasteiger partial charge >= 0.3 is 12.1 Å². The number of hydrogen-bond acceptors (Lipinski definition) is 6. The van der Waals surface area contributed by atoms with E-state index in [0.29, 0.717) is 11.4 Å². The minimum Gasteiger partial charge on any atom is -0.507 e. The minimum absolute atomic E-state index is 0.0544. The van der Waals surface area contributed by atoms with Gasteiger partial charge < -0.3 is 14.9 Å². The van der Waals surface area contributed by atoms with Crippen molar-refractivity contribution in [3.05, 3.63) is 41.2 Å². The molecule has 0 unspecified atom stereocenters. The van der Waals surface area contributed by atoms with Crippen molar-refractivity contribution >= 4 is 23.7 Å². The molecule has 8 heteroatoms. The van der Waals surface area contributed by atoms with E-state index >= 15 is 0 Å². The SMILES string of the molecule is Cc1cc(C)nc(N(C(=O)OC(C)(C)C)c2ccc(O)c(C(=O)O)c2)n1. The highest BCUT2D eigenvalue weighted by molar-refractivity contribution is 5.97. The molecule has 0 aliphatic heterocycles. The summed E-state index contributed by atoms with van der Waals surface area (Å²) in [6.45, 7) is 8.65. The lowest BCUT2D eigenvalue weighted by Crippen LogP contribution is -2.35. The summed E-state index contributed by atoms with van der Waals surface area (Å²) in [4.78, 5) is 33.7. The highest BCUT2D eigenvalue weighted by Crippen LogP contribution is 2.30. The lowest BCUT2D eigenvalue weighted by atomic mass is 10.1. The zero-order valence-electron chi connectivity index (χ0n) is 15.3. The first-order valence-electron chi connectivity index (χ1n) is 7.89. The molecule has 1 aromatic carbocycles. The van der Waals surface area contributed by atoms with Gasteiger partial charge in [-0.25, -0.2) is 24.5 Å². The molecular formula is C18H21N3O5. The van der Waals surface area contributed by atoms with Crippen LogP contribution < -0.4 is 4.90 Å². The van der Waals surface area contributed by atoms with Crippen molar-refractivity contribution in [1.29, 1.82) is 0 Å². The van der Waals surface area contributed by atoms with Crippen LogP contribution in [0, 0.1) is 13.8 Å². The predicted octanol–water partition coefficient (Wildman–Crippen LogP) is 3.57. The van der Waals surface area contributed by atoms with Gasteiger partial charge in [0.2, 0.25) is 5.95 Å². The third-order valence-corrected chi connectivity index (χ3v) is 3.22. The number of carboxylic acid groups (broad SMARTS) is 1. The van der Waals surface area contributed by atoms with Gasteiger partial charge in [0, 0.05) is 11.4 Å². The molecule has 2 N–H and O–H groups in total. The van der Waals surface area contributed by atoms with Crippen LogP contribution in [0.25, 0.3) is 0 Å². The number of carbonyl (C=O) groups is 2. The van der Waals surface area contributed by atoms with E-state index in [1.165, 1.54) is 18.2 Å². The average molecular weight is 359 g/mol. The summed E-state index contributed by atoms with van der Waals surface area (Å²) in [5, 5.41) is 19.0. The van der Waals surface area contributed by atoms with E-state index in [4.69, 9.17) is 4.74 Å². The Kier molecular flexibility index (Phi) is 5.15. The number of aromatic carboxylic acids is 1. The molecule has 8 nitrogen and oxygen atoms in total. The number of aromatic nitrogens is 2. The number of phenols is 1. The van der Waals surface area contributed by atoms with Crippen LogP contribution in [0.5, 0.6) is 5.75 Å². The molecule has 1 amide bonds. The van der Waals surface area contributed by atoms with Crippen LogP contribution in [-0.2, 0) is 4.74 Å². The molecule has 0 atom stereocenters. The molecule has 0 fully saturated rings. The molecule has 0 aliphatic rings. The van der Waals surface area contributed by atoms with E-state index in [0.717, 1.165) is 4.90 Å². The summed E-state index contributed by atoms with van der Waals surface area (Å²) in [6, 6.07) is 5.50. The number of hydrogen-bond donors (Lipinski definition) is 2. The fourth-order valence-corrected chi connectivity index (χ4v) is 2.25. The molecule has 0 radical (unpaired) electrons. The van der Waals surface area contributed by atoms with E-state index in [1.807, 2.05) is 0 Å². The van der Waals surface area contributed by atoms with Crippen molar-refractivity contribution in [1.82, 2.24) is 9.97 Å². The predicted molar refractivity (Wildman–Crippen MR) is 94.9 cm³/mol. The Hall–Kier alpha value is -3.16. The summed E-state index contributed by atoms with van der Waals surface area (Å²) < 4.78 is 5.42. The van der Waals surface area contributed by atoms with Gasteiger partial charge in [-0.3, -0.25) is 0 Å². The van der Waals surface area contributed by atoms with Gasteiger partial charge in [-0.2, -0.15) is 0 Å². The van der Waals surface area contributed by atoms with Crippen molar-refractivity contribution in [2.75, 3.05) is 4.90 Å². The van der Waals surface area contributed by atoms with Gasteiger partial charge in [0.05, 0.1) is 5.69 Å². The van der Waals surface area contributed by atoms with Gasteiger partial charge in [0.15, 0.2) is 0 Å². The quantitative estimate of drug-likeness (QED) is 0.861. The van der Waals surface area contributed by atoms with Crippen molar-refractivity contribution in [2.45, 2.75) is 40.2 Å². The Morgan fingerprint density at radius 1 is 1.08 bits per heavy atom. The molecule has 0 bridgehead atoms. The van der Waals surface area contributed by atoms with E-state index in [-0.39, 0.29) is 17.2 Å². The first-order valence-corrected chi connectivity index (χ1v) is 7.89. The molecular weight excluding hydrogens is 338 g/mol. The maximum Gasteiger partial charge on any atom is 0.421 e. The lowest BCUT2D eigenvalue weighted by molar-refractivity contribution is 0.0594. The van der Waals surface area contributed by atoms with Gasteiger partial charge in [0.1, 0.15) is 16.9 Å². The van der Waals surface area contributed by atoms with E-state index in [1.54, 1.807) is 40.7 Å². The molecule has 2 aromatic rings. The van der Waals surface area contributed by atoms with Crippen molar-refractivity contribution in [2.24, 2.45) is 0 Å². The summed E-state index contributed by atoms with van der Waals surface area (Å²) in [5.74, 6) is -1.68. The number of anilines is 2. The third kappa shape index (κ3) is 4.47. The second kappa shape index (κ2) is 6.99. The Morgan fingerprint density at radius 2 is 1.65 bits per heavy atom. The third-order valence-electron chi connectivity index (χ3n) is 3.22. The highest BCUT2D eigenvalue weighted by atomic mass is 16.6. The number of carbonyl (C=O) groups excluding carboxylic acids is 1. The van der Waals surface area contributed by atoms with Crippen molar-refractivity contribution in [3.8, 4) is 5.75 Å². The van der Waals surface area contributed by atoms with Crippen LogP contribution >= 0.6 is 0 Å². The molecule has 0 saturated carbocycles. The topological polar surface area (TPSA) is 113 Å². The van der Waals surface area contributed by atoms with Gasteiger partial charge in [-0.05, 0) is 58.9 Å². The zero-order chi connectivity index (χ0) is 19.6. The zero-order valence-corrected chi connectivity index (χ0v) is 15.3. The molecule has 0 aliphatic carbocycles. The van der Waals surface area contributed by atoms with Gasteiger partial charge in [-0.1, -0.05) is 0 Å². The van der Waals surface area contributed by atoms with E-state index in [9.17, 15) is 19.8 Å². The van der Waals surface area contributed by atoms with Crippen LogP contribution in [0.15, 0.2) is 24.3 Å². The van der Waals surface area contributed by atoms with Gasteiger partial charge in [0.25, 0.3) is 0 Å². The molecule has 0 spiro atoms. The number of amides is 1. The fourth-order valence-electron chi connectivity index (χ4n) is 2.25. The number of rotatable bonds is 3. The number of carboxylic acids is 1. The number of benzene rings is 1. The summed E-state index contributed by atoms with van der Waals surface area (Å²) in [7, 11) is 0. The number of aromatic hydroxyl groups is 1. The first kappa shape index (κ1) is 19.2. The average Bonchev–Trinajstić information content (AvgIpc) is 2.46. The van der Waals surface area contributed by atoms with Crippen LogP contribution in [0.2, 0.25) is 0 Å². The van der Waals surface area contributed by atoms with Crippen LogP contribution in [-0.4, -0.2) is 37.8 Å². The fraction of sp³-hybridized carbons (Fsp3) is 0.333. The number of nitrogens with zero attached hydrogens (tertiary/aromatic N) is 3.